The first-order valence-electron chi connectivity index (χ1n) is 8.90. The molecule has 0 aromatic carbocycles. The second kappa shape index (κ2) is 10.8. The van der Waals surface area contributed by atoms with Gasteiger partial charge in [-0.3, -0.25) is 4.79 Å². The van der Waals surface area contributed by atoms with Gasteiger partial charge in [0.05, 0.1) is 18.3 Å². The summed E-state index contributed by atoms with van der Waals surface area (Å²) in [5, 5.41) is 38.7. The highest BCUT2D eigenvalue weighted by Gasteiger charge is 2.39. The Kier molecular flexibility index (Phi) is 9.44. The second-order valence-corrected chi connectivity index (χ2v) is 6.70. The number of carbonyl (C=O) groups is 1. The average Bonchev–Trinajstić information content (AvgIpc) is 2.75. The molecule has 0 aliphatic heterocycles. The highest BCUT2D eigenvalue weighted by molar-refractivity contribution is 5.66. The zero-order chi connectivity index (χ0) is 17.2. The first-order chi connectivity index (χ1) is 11.0. The fourth-order valence-electron chi connectivity index (χ4n) is 3.39. The summed E-state index contributed by atoms with van der Waals surface area (Å²) in [5.74, 6) is -0.851. The molecule has 5 nitrogen and oxygen atoms in total. The van der Waals surface area contributed by atoms with Crippen LogP contribution in [0.4, 0.5) is 0 Å². The first-order valence-corrected chi connectivity index (χ1v) is 8.90. The topological polar surface area (TPSA) is 98.0 Å². The standard InChI is InChI=1S/C18H32O5/c1-2-3-4-8-14-15(17(21)12-16(14)20)11-10-13(19)7-5-6-9-18(22)23/h10-11,13-17,19-21H,2-9,12H2,1H3,(H,22,23)/b11-10+/t13-,14-,15+,16+,17-/m1/s1. The van der Waals surface area contributed by atoms with Crippen LogP contribution >= 0.6 is 0 Å². The Bertz CT molecular complexity index is 368. The van der Waals surface area contributed by atoms with Crippen LogP contribution in [0, 0.1) is 11.8 Å². The molecule has 1 saturated carbocycles. The van der Waals surface area contributed by atoms with Crippen molar-refractivity contribution in [3.05, 3.63) is 12.2 Å². The van der Waals surface area contributed by atoms with E-state index in [-0.39, 0.29) is 18.3 Å². The highest BCUT2D eigenvalue weighted by atomic mass is 16.4. The zero-order valence-corrected chi connectivity index (χ0v) is 14.1. The van der Waals surface area contributed by atoms with Crippen molar-refractivity contribution >= 4 is 5.97 Å². The Morgan fingerprint density at radius 1 is 1.17 bits per heavy atom. The lowest BCUT2D eigenvalue weighted by atomic mass is 9.88. The van der Waals surface area contributed by atoms with E-state index in [4.69, 9.17) is 5.11 Å². The van der Waals surface area contributed by atoms with E-state index in [0.717, 1.165) is 25.7 Å². The molecule has 5 atom stereocenters. The molecular weight excluding hydrogens is 296 g/mol. The summed E-state index contributed by atoms with van der Waals surface area (Å²) in [6.07, 6.45) is 8.38. The molecule has 1 fully saturated rings. The van der Waals surface area contributed by atoms with Crippen LogP contribution in [0.3, 0.4) is 0 Å². The molecule has 0 heterocycles. The van der Waals surface area contributed by atoms with Crippen molar-refractivity contribution in [1.29, 1.82) is 0 Å². The number of aliphatic hydroxyl groups is 3. The number of carboxylic acids is 1. The van der Waals surface area contributed by atoms with Crippen molar-refractivity contribution < 1.29 is 25.2 Å². The maximum Gasteiger partial charge on any atom is 0.303 e. The van der Waals surface area contributed by atoms with Gasteiger partial charge in [0.15, 0.2) is 0 Å². The molecule has 0 aromatic heterocycles. The lowest BCUT2D eigenvalue weighted by molar-refractivity contribution is -0.137. The number of aliphatic carboxylic acids is 1. The minimum absolute atomic E-state index is 0.0620. The molecule has 0 saturated heterocycles. The van der Waals surface area contributed by atoms with Gasteiger partial charge in [-0.05, 0) is 31.6 Å². The summed E-state index contributed by atoms with van der Waals surface area (Å²) >= 11 is 0. The van der Waals surface area contributed by atoms with Crippen molar-refractivity contribution in [3.63, 3.8) is 0 Å². The van der Waals surface area contributed by atoms with Crippen LogP contribution < -0.4 is 0 Å². The lowest BCUT2D eigenvalue weighted by Gasteiger charge is -2.21. The molecule has 0 unspecified atom stereocenters. The van der Waals surface area contributed by atoms with Crippen molar-refractivity contribution in [2.24, 2.45) is 11.8 Å². The number of unbranched alkanes of at least 4 members (excludes halogenated alkanes) is 3. The molecule has 0 amide bonds. The van der Waals surface area contributed by atoms with Crippen LogP contribution in [-0.4, -0.2) is 44.7 Å². The number of hydrogen-bond acceptors (Lipinski definition) is 4. The lowest BCUT2D eigenvalue weighted by Crippen LogP contribution is -2.21. The Labute approximate surface area is 139 Å². The average molecular weight is 328 g/mol. The van der Waals surface area contributed by atoms with E-state index in [0.29, 0.717) is 25.7 Å². The highest BCUT2D eigenvalue weighted by Crippen LogP contribution is 2.37. The van der Waals surface area contributed by atoms with Gasteiger partial charge in [-0.25, -0.2) is 0 Å². The molecule has 0 radical (unpaired) electrons. The molecule has 1 rings (SSSR count). The van der Waals surface area contributed by atoms with Crippen LogP contribution in [0.5, 0.6) is 0 Å². The molecule has 5 heteroatoms. The van der Waals surface area contributed by atoms with Gasteiger partial charge in [0.2, 0.25) is 0 Å². The van der Waals surface area contributed by atoms with Crippen LogP contribution in [0.15, 0.2) is 12.2 Å². The maximum absolute atomic E-state index is 10.4. The quantitative estimate of drug-likeness (QED) is 0.345. The maximum atomic E-state index is 10.4. The monoisotopic (exact) mass is 328 g/mol. The van der Waals surface area contributed by atoms with Crippen LogP contribution in [0.25, 0.3) is 0 Å². The second-order valence-electron chi connectivity index (χ2n) is 6.70. The zero-order valence-electron chi connectivity index (χ0n) is 14.1. The van der Waals surface area contributed by atoms with Crippen LogP contribution in [0.2, 0.25) is 0 Å². The smallest absolute Gasteiger partial charge is 0.303 e. The van der Waals surface area contributed by atoms with E-state index in [1.54, 1.807) is 6.08 Å². The van der Waals surface area contributed by atoms with Crippen molar-refractivity contribution in [3.8, 4) is 0 Å². The van der Waals surface area contributed by atoms with Gasteiger partial charge in [-0.2, -0.15) is 0 Å². The predicted octanol–water partition coefficient (Wildman–Crippen LogP) is 2.49. The Morgan fingerprint density at radius 3 is 2.57 bits per heavy atom. The largest absolute Gasteiger partial charge is 0.481 e. The summed E-state index contributed by atoms with van der Waals surface area (Å²) in [6.45, 7) is 2.14. The Morgan fingerprint density at radius 2 is 1.91 bits per heavy atom. The minimum Gasteiger partial charge on any atom is -0.481 e. The van der Waals surface area contributed by atoms with Gasteiger partial charge in [0.25, 0.3) is 0 Å². The summed E-state index contributed by atoms with van der Waals surface area (Å²) < 4.78 is 0. The summed E-state index contributed by atoms with van der Waals surface area (Å²) in [5.41, 5.74) is 0. The summed E-state index contributed by atoms with van der Waals surface area (Å²) in [6, 6.07) is 0. The normalized spacial score (nSPS) is 29.2. The Balaban J connectivity index is 2.42. The SMILES string of the molecule is CCCCC[C@@H]1[C@H](/C=C/[C@H](O)CCCCC(=O)O)[C@H](O)C[C@@H]1O. The molecule has 23 heavy (non-hydrogen) atoms. The minimum atomic E-state index is -0.812. The molecular formula is C18H32O5. The number of hydrogen-bond donors (Lipinski definition) is 4. The van der Waals surface area contributed by atoms with Crippen molar-refractivity contribution in [2.75, 3.05) is 0 Å². The van der Waals surface area contributed by atoms with E-state index in [2.05, 4.69) is 6.92 Å². The van der Waals surface area contributed by atoms with E-state index < -0.39 is 24.3 Å². The van der Waals surface area contributed by atoms with Gasteiger partial charge in [0, 0.05) is 18.8 Å². The van der Waals surface area contributed by atoms with Crippen LogP contribution in [-0.2, 0) is 4.79 Å². The first kappa shape index (κ1) is 20.1. The number of carboxylic acid groups (broad SMARTS) is 1. The molecule has 134 valence electrons. The van der Waals surface area contributed by atoms with Crippen LogP contribution in [0.1, 0.15) is 64.7 Å². The summed E-state index contributed by atoms with van der Waals surface area (Å²) in [4.78, 5) is 10.4. The molecule has 0 aromatic rings. The fourth-order valence-corrected chi connectivity index (χ4v) is 3.39. The molecule has 1 aliphatic carbocycles. The third-order valence-electron chi connectivity index (χ3n) is 4.75. The molecule has 4 N–H and O–H groups in total. The van der Waals surface area contributed by atoms with Gasteiger partial charge < -0.3 is 20.4 Å². The predicted molar refractivity (Wildman–Crippen MR) is 89.0 cm³/mol. The van der Waals surface area contributed by atoms with Gasteiger partial charge >= 0.3 is 5.97 Å². The number of aliphatic hydroxyl groups excluding tert-OH is 3. The van der Waals surface area contributed by atoms with E-state index >= 15 is 0 Å². The Hall–Kier alpha value is -0.910. The van der Waals surface area contributed by atoms with Crippen molar-refractivity contribution in [1.82, 2.24) is 0 Å². The molecule has 1 aliphatic rings. The van der Waals surface area contributed by atoms with Gasteiger partial charge in [-0.1, -0.05) is 38.3 Å². The van der Waals surface area contributed by atoms with E-state index in [1.165, 1.54) is 0 Å². The van der Waals surface area contributed by atoms with Gasteiger partial charge in [-0.15, -0.1) is 0 Å². The summed E-state index contributed by atoms with van der Waals surface area (Å²) in [7, 11) is 0. The molecule has 0 bridgehead atoms. The van der Waals surface area contributed by atoms with E-state index in [1.807, 2.05) is 6.08 Å². The third kappa shape index (κ3) is 7.46. The van der Waals surface area contributed by atoms with Crippen molar-refractivity contribution in [2.45, 2.75) is 83.0 Å². The third-order valence-corrected chi connectivity index (χ3v) is 4.75. The molecule has 0 spiro atoms. The van der Waals surface area contributed by atoms with Gasteiger partial charge in [0.1, 0.15) is 0 Å². The number of rotatable bonds is 11. The fraction of sp³-hybridized carbons (Fsp3) is 0.833. The van der Waals surface area contributed by atoms with E-state index in [9.17, 15) is 20.1 Å².